The summed E-state index contributed by atoms with van der Waals surface area (Å²) in [6.07, 6.45) is 2.59. The molecule has 58 valence electrons. The van der Waals surface area contributed by atoms with Crippen LogP contribution in [0.4, 0.5) is 0 Å². The summed E-state index contributed by atoms with van der Waals surface area (Å²) in [6.45, 7) is 5.29. The number of allylic oxidation sites excluding steroid dienone is 1. The summed E-state index contributed by atoms with van der Waals surface area (Å²) in [4.78, 5) is 10.6. The molecule has 0 aromatic heterocycles. The quantitative estimate of drug-likeness (QED) is 0.587. The van der Waals surface area contributed by atoms with Gasteiger partial charge in [-0.3, -0.25) is 4.79 Å². The van der Waals surface area contributed by atoms with Crippen LogP contribution in [0.1, 0.15) is 26.2 Å². The summed E-state index contributed by atoms with van der Waals surface area (Å²) in [5, 5.41) is 9.08. The van der Waals surface area contributed by atoms with E-state index in [2.05, 4.69) is 6.58 Å². The second-order valence-electron chi connectivity index (χ2n) is 2.32. The Hall–Kier alpha value is -0.630. The van der Waals surface area contributed by atoms with Crippen LogP contribution >= 0.6 is 0 Å². The number of rotatable bonds is 5. The first-order valence-electron chi connectivity index (χ1n) is 3.54. The predicted molar refractivity (Wildman–Crippen MR) is 40.7 cm³/mol. The topological polar surface area (TPSA) is 37.3 Å². The molecule has 0 bridgehead atoms. The zero-order valence-electron chi connectivity index (χ0n) is 6.34. The molecule has 1 atom stereocenters. The van der Waals surface area contributed by atoms with Crippen molar-refractivity contribution in [1.29, 1.82) is 0 Å². The lowest BCUT2D eigenvalue weighted by Crippen LogP contribution is -2.10. The maximum atomic E-state index is 10.6. The lowest BCUT2D eigenvalue weighted by Gasteiger charge is -2.04. The Labute approximate surface area is 61.6 Å². The summed E-state index contributed by atoms with van der Waals surface area (Å²) in [5.41, 5.74) is 0. The van der Waals surface area contributed by atoms with Crippen LogP contribution in [0.15, 0.2) is 12.7 Å². The van der Waals surface area contributed by atoms with Crippen molar-refractivity contribution >= 4 is 5.78 Å². The predicted octanol–water partition coefficient (Wildman–Crippen LogP) is 1.29. The highest BCUT2D eigenvalue weighted by Gasteiger charge is 2.05. The van der Waals surface area contributed by atoms with Crippen LogP contribution in [0, 0.1) is 0 Å². The molecule has 0 amide bonds. The second kappa shape index (κ2) is 5.18. The smallest absolute Gasteiger partial charge is 0.157 e. The van der Waals surface area contributed by atoms with Gasteiger partial charge in [-0.05, 0) is 12.5 Å². The van der Waals surface area contributed by atoms with Crippen LogP contribution in [0.25, 0.3) is 0 Å². The van der Waals surface area contributed by atoms with E-state index in [-0.39, 0.29) is 12.2 Å². The third kappa shape index (κ3) is 4.27. The molecule has 0 heterocycles. The van der Waals surface area contributed by atoms with Crippen LogP contribution < -0.4 is 0 Å². The third-order valence-electron chi connectivity index (χ3n) is 1.29. The van der Waals surface area contributed by atoms with Crippen molar-refractivity contribution in [3.05, 3.63) is 12.7 Å². The van der Waals surface area contributed by atoms with Crippen molar-refractivity contribution in [3.8, 4) is 0 Å². The zero-order valence-corrected chi connectivity index (χ0v) is 6.34. The van der Waals surface area contributed by atoms with Crippen LogP contribution in [0.2, 0.25) is 0 Å². The number of hydrogen-bond donors (Lipinski definition) is 1. The number of ketones is 1. The molecule has 0 aliphatic rings. The minimum atomic E-state index is -0.476. The maximum absolute atomic E-state index is 10.6. The molecule has 0 saturated heterocycles. The largest absolute Gasteiger partial charge is 0.393 e. The maximum Gasteiger partial charge on any atom is 0.157 e. The Morgan fingerprint density at radius 2 is 2.40 bits per heavy atom. The average molecular weight is 142 g/mol. The standard InChI is InChI=1S/C8H14O2/c1-3-5-8(10)6-7(9)4-2/h4,8,10H,2-3,5-6H2,1H3/t8-/m1/s1. The van der Waals surface area contributed by atoms with Gasteiger partial charge in [0.25, 0.3) is 0 Å². The number of hydrogen-bond acceptors (Lipinski definition) is 2. The highest BCUT2D eigenvalue weighted by molar-refractivity contribution is 5.89. The van der Waals surface area contributed by atoms with E-state index >= 15 is 0 Å². The molecule has 0 unspecified atom stereocenters. The van der Waals surface area contributed by atoms with Crippen molar-refractivity contribution in [2.24, 2.45) is 0 Å². The SMILES string of the molecule is C=CC(=O)C[C@H](O)CCC. The fraction of sp³-hybridized carbons (Fsp3) is 0.625. The molecule has 0 radical (unpaired) electrons. The van der Waals surface area contributed by atoms with Gasteiger partial charge in [0.05, 0.1) is 6.10 Å². The Bertz CT molecular complexity index is 118. The average Bonchev–Trinajstić information content (AvgIpc) is 1.88. The van der Waals surface area contributed by atoms with Gasteiger partial charge in [0.1, 0.15) is 0 Å². The second-order valence-corrected chi connectivity index (χ2v) is 2.32. The molecule has 0 aromatic carbocycles. The van der Waals surface area contributed by atoms with Crippen molar-refractivity contribution in [2.45, 2.75) is 32.3 Å². The monoisotopic (exact) mass is 142 g/mol. The van der Waals surface area contributed by atoms with Crippen molar-refractivity contribution in [3.63, 3.8) is 0 Å². The van der Waals surface area contributed by atoms with Gasteiger partial charge in [0.15, 0.2) is 5.78 Å². The van der Waals surface area contributed by atoms with E-state index in [4.69, 9.17) is 5.11 Å². The van der Waals surface area contributed by atoms with E-state index in [0.717, 1.165) is 6.42 Å². The van der Waals surface area contributed by atoms with Gasteiger partial charge in [0, 0.05) is 6.42 Å². The molecule has 0 aliphatic heterocycles. The third-order valence-corrected chi connectivity index (χ3v) is 1.29. The fourth-order valence-electron chi connectivity index (χ4n) is 0.751. The van der Waals surface area contributed by atoms with E-state index in [1.165, 1.54) is 6.08 Å². The first-order chi connectivity index (χ1) is 4.70. The molecule has 0 spiro atoms. The fourth-order valence-corrected chi connectivity index (χ4v) is 0.751. The van der Waals surface area contributed by atoms with Crippen molar-refractivity contribution in [2.75, 3.05) is 0 Å². The molecule has 1 N–H and O–H groups in total. The van der Waals surface area contributed by atoms with Crippen LogP contribution in [0.3, 0.4) is 0 Å². The van der Waals surface area contributed by atoms with Gasteiger partial charge in [-0.25, -0.2) is 0 Å². The number of carbonyl (C=O) groups excluding carboxylic acids is 1. The molecule has 0 saturated carbocycles. The number of carbonyl (C=O) groups is 1. The lowest BCUT2D eigenvalue weighted by molar-refractivity contribution is -0.116. The Kier molecular flexibility index (Phi) is 4.85. The Balaban J connectivity index is 3.46. The minimum Gasteiger partial charge on any atom is -0.393 e. The summed E-state index contributed by atoms with van der Waals surface area (Å²) < 4.78 is 0. The van der Waals surface area contributed by atoms with E-state index < -0.39 is 6.10 Å². The van der Waals surface area contributed by atoms with Crippen molar-refractivity contribution in [1.82, 2.24) is 0 Å². The van der Waals surface area contributed by atoms with Gasteiger partial charge >= 0.3 is 0 Å². The first kappa shape index (κ1) is 9.37. The Morgan fingerprint density at radius 3 is 2.80 bits per heavy atom. The number of aliphatic hydroxyl groups excluding tert-OH is 1. The number of aliphatic hydroxyl groups is 1. The van der Waals surface area contributed by atoms with E-state index in [1.54, 1.807) is 0 Å². The van der Waals surface area contributed by atoms with Gasteiger partial charge in [-0.2, -0.15) is 0 Å². The van der Waals surface area contributed by atoms with E-state index in [1.807, 2.05) is 6.92 Å². The highest BCUT2D eigenvalue weighted by atomic mass is 16.3. The van der Waals surface area contributed by atoms with Crippen LogP contribution in [-0.4, -0.2) is 17.0 Å². The normalized spacial score (nSPS) is 12.6. The molecular weight excluding hydrogens is 128 g/mol. The summed E-state index contributed by atoms with van der Waals surface area (Å²) >= 11 is 0. The van der Waals surface area contributed by atoms with Gasteiger partial charge < -0.3 is 5.11 Å². The van der Waals surface area contributed by atoms with Crippen LogP contribution in [-0.2, 0) is 4.79 Å². The van der Waals surface area contributed by atoms with Crippen molar-refractivity contribution < 1.29 is 9.90 Å². The van der Waals surface area contributed by atoms with Gasteiger partial charge in [-0.15, -0.1) is 0 Å². The molecular formula is C8H14O2. The summed E-state index contributed by atoms with van der Waals surface area (Å²) in [6, 6.07) is 0. The Morgan fingerprint density at radius 1 is 1.80 bits per heavy atom. The summed E-state index contributed by atoms with van der Waals surface area (Å²) in [5.74, 6) is -0.0825. The van der Waals surface area contributed by atoms with Crippen LogP contribution in [0.5, 0.6) is 0 Å². The molecule has 0 aliphatic carbocycles. The molecule has 0 aromatic rings. The molecule has 2 nitrogen and oxygen atoms in total. The minimum absolute atomic E-state index is 0.0825. The lowest BCUT2D eigenvalue weighted by atomic mass is 10.1. The highest BCUT2D eigenvalue weighted by Crippen LogP contribution is 2.01. The van der Waals surface area contributed by atoms with E-state index in [9.17, 15) is 4.79 Å². The van der Waals surface area contributed by atoms with Gasteiger partial charge in [0.2, 0.25) is 0 Å². The van der Waals surface area contributed by atoms with Gasteiger partial charge in [-0.1, -0.05) is 19.9 Å². The molecule has 2 heteroatoms. The zero-order chi connectivity index (χ0) is 7.98. The van der Waals surface area contributed by atoms with E-state index in [0.29, 0.717) is 6.42 Å². The molecule has 10 heavy (non-hydrogen) atoms. The molecule has 0 rings (SSSR count). The first-order valence-corrected chi connectivity index (χ1v) is 3.54. The summed E-state index contributed by atoms with van der Waals surface area (Å²) in [7, 11) is 0. The molecule has 0 fully saturated rings.